The molecule has 0 fully saturated rings. The second-order valence-electron chi connectivity index (χ2n) is 6.00. The molecule has 0 radical (unpaired) electrons. The highest BCUT2D eigenvalue weighted by atomic mass is 32.1. The smallest absolute Gasteiger partial charge is 0.320 e. The van der Waals surface area contributed by atoms with Crippen LogP contribution < -0.4 is 10.6 Å². The molecule has 1 atom stereocenters. The number of nitrogens with one attached hydrogen (secondary N) is 2. The molecule has 5 nitrogen and oxygen atoms in total. The standard InChI is InChI=1S/C15H19FN4OS/c1-9(13-19-11(8-22-13)15(2,3)4)18-14(21)20-12-6-5-10(16)7-17-12/h5-9H,1-4H3,(H2,17,18,20,21). The molecule has 7 heteroatoms. The molecular formula is C15H19FN4OS. The average Bonchev–Trinajstić information content (AvgIpc) is 2.91. The summed E-state index contributed by atoms with van der Waals surface area (Å²) in [5.41, 5.74) is 0.983. The lowest BCUT2D eigenvalue weighted by molar-refractivity contribution is 0.249. The summed E-state index contributed by atoms with van der Waals surface area (Å²) in [6.45, 7) is 8.15. The number of urea groups is 1. The molecule has 0 aromatic carbocycles. The van der Waals surface area contributed by atoms with E-state index in [1.807, 2.05) is 12.3 Å². The van der Waals surface area contributed by atoms with Crippen molar-refractivity contribution in [3.05, 3.63) is 40.2 Å². The minimum atomic E-state index is -0.447. The van der Waals surface area contributed by atoms with Crippen LogP contribution in [0.2, 0.25) is 0 Å². The molecule has 0 aliphatic carbocycles. The van der Waals surface area contributed by atoms with Crippen molar-refractivity contribution in [2.45, 2.75) is 39.2 Å². The first kappa shape index (κ1) is 16.4. The maximum atomic E-state index is 12.8. The highest BCUT2D eigenvalue weighted by Gasteiger charge is 2.20. The van der Waals surface area contributed by atoms with Gasteiger partial charge in [0.2, 0.25) is 0 Å². The number of carbonyl (C=O) groups is 1. The molecule has 0 aliphatic rings. The zero-order valence-corrected chi connectivity index (χ0v) is 13.8. The fraction of sp³-hybridized carbons (Fsp3) is 0.400. The number of pyridine rings is 1. The molecule has 2 aromatic rings. The van der Waals surface area contributed by atoms with E-state index in [0.29, 0.717) is 5.82 Å². The average molecular weight is 322 g/mol. The quantitative estimate of drug-likeness (QED) is 0.902. The predicted octanol–water partition coefficient (Wildman–Crippen LogP) is 3.86. The van der Waals surface area contributed by atoms with Crippen LogP contribution in [0.25, 0.3) is 0 Å². The van der Waals surface area contributed by atoms with Crippen LogP contribution >= 0.6 is 11.3 Å². The summed E-state index contributed by atoms with van der Waals surface area (Å²) < 4.78 is 12.8. The lowest BCUT2D eigenvalue weighted by Gasteiger charge is -2.15. The van der Waals surface area contributed by atoms with E-state index in [9.17, 15) is 9.18 Å². The first-order valence-corrected chi connectivity index (χ1v) is 7.78. The maximum Gasteiger partial charge on any atom is 0.320 e. The lowest BCUT2D eigenvalue weighted by atomic mass is 9.93. The Morgan fingerprint density at radius 3 is 2.64 bits per heavy atom. The fourth-order valence-electron chi connectivity index (χ4n) is 1.69. The Morgan fingerprint density at radius 2 is 2.09 bits per heavy atom. The Balaban J connectivity index is 1.96. The lowest BCUT2D eigenvalue weighted by Crippen LogP contribution is -2.31. The van der Waals surface area contributed by atoms with E-state index in [1.165, 1.54) is 23.5 Å². The maximum absolute atomic E-state index is 12.8. The summed E-state index contributed by atoms with van der Waals surface area (Å²) in [6, 6.07) is 2.02. The van der Waals surface area contributed by atoms with Gasteiger partial charge in [-0.2, -0.15) is 0 Å². The fourth-order valence-corrected chi connectivity index (χ4v) is 2.74. The van der Waals surface area contributed by atoms with Crippen molar-refractivity contribution >= 4 is 23.2 Å². The highest BCUT2D eigenvalue weighted by molar-refractivity contribution is 7.09. The van der Waals surface area contributed by atoms with E-state index in [2.05, 4.69) is 41.4 Å². The van der Waals surface area contributed by atoms with Crippen LogP contribution in [-0.2, 0) is 5.41 Å². The number of rotatable bonds is 3. The number of halogens is 1. The van der Waals surface area contributed by atoms with Crippen LogP contribution in [0.1, 0.15) is 44.4 Å². The summed E-state index contributed by atoms with van der Waals surface area (Å²) in [4.78, 5) is 20.2. The molecule has 0 saturated carbocycles. The molecule has 2 aromatic heterocycles. The van der Waals surface area contributed by atoms with Crippen LogP contribution in [0.3, 0.4) is 0 Å². The van der Waals surface area contributed by atoms with Crippen molar-refractivity contribution in [3.63, 3.8) is 0 Å². The number of hydrogen-bond acceptors (Lipinski definition) is 4. The van der Waals surface area contributed by atoms with E-state index in [0.717, 1.165) is 16.9 Å². The summed E-state index contributed by atoms with van der Waals surface area (Å²) >= 11 is 1.52. The summed E-state index contributed by atoms with van der Waals surface area (Å²) in [5, 5.41) is 8.19. The third kappa shape index (κ3) is 4.24. The Labute approximate surface area is 133 Å². The molecule has 118 valence electrons. The van der Waals surface area contributed by atoms with Gasteiger partial charge in [-0.1, -0.05) is 20.8 Å². The van der Waals surface area contributed by atoms with Gasteiger partial charge >= 0.3 is 6.03 Å². The normalized spacial score (nSPS) is 12.8. The first-order valence-electron chi connectivity index (χ1n) is 6.90. The van der Waals surface area contributed by atoms with Gasteiger partial charge in [-0.25, -0.2) is 19.2 Å². The Bertz CT molecular complexity index is 648. The molecule has 22 heavy (non-hydrogen) atoms. The SMILES string of the molecule is CC(NC(=O)Nc1ccc(F)cn1)c1nc(C(C)(C)C)cs1. The van der Waals surface area contributed by atoms with Crippen LogP contribution in [0.15, 0.2) is 23.7 Å². The van der Waals surface area contributed by atoms with Crippen molar-refractivity contribution in [1.29, 1.82) is 0 Å². The van der Waals surface area contributed by atoms with Gasteiger partial charge in [-0.15, -0.1) is 11.3 Å². The third-order valence-corrected chi connectivity index (χ3v) is 4.00. The second-order valence-corrected chi connectivity index (χ2v) is 6.89. The third-order valence-electron chi connectivity index (χ3n) is 2.98. The zero-order chi connectivity index (χ0) is 16.3. The van der Waals surface area contributed by atoms with Gasteiger partial charge in [0, 0.05) is 10.8 Å². The number of carbonyl (C=O) groups excluding carboxylic acids is 1. The molecule has 2 amide bonds. The highest BCUT2D eigenvalue weighted by Crippen LogP contribution is 2.26. The second kappa shape index (κ2) is 6.39. The molecule has 1 unspecified atom stereocenters. The molecule has 2 rings (SSSR count). The van der Waals surface area contributed by atoms with Gasteiger partial charge in [-0.3, -0.25) is 5.32 Å². The largest absolute Gasteiger partial charge is 0.329 e. The Hall–Kier alpha value is -2.02. The van der Waals surface area contributed by atoms with E-state index >= 15 is 0 Å². The Kier molecular flexibility index (Phi) is 4.75. The minimum absolute atomic E-state index is 0.0191. The number of amides is 2. The summed E-state index contributed by atoms with van der Waals surface area (Å²) in [5.74, 6) is -0.155. The summed E-state index contributed by atoms with van der Waals surface area (Å²) in [6.07, 6.45) is 1.05. The van der Waals surface area contributed by atoms with Crippen molar-refractivity contribution in [2.24, 2.45) is 0 Å². The van der Waals surface area contributed by atoms with Crippen LogP contribution in [0, 0.1) is 5.82 Å². The molecular weight excluding hydrogens is 303 g/mol. The van der Waals surface area contributed by atoms with E-state index in [4.69, 9.17) is 0 Å². The van der Waals surface area contributed by atoms with Crippen molar-refractivity contribution < 1.29 is 9.18 Å². The van der Waals surface area contributed by atoms with Crippen molar-refractivity contribution in [1.82, 2.24) is 15.3 Å². The Morgan fingerprint density at radius 1 is 1.36 bits per heavy atom. The number of hydrogen-bond donors (Lipinski definition) is 2. The predicted molar refractivity (Wildman–Crippen MR) is 85.6 cm³/mol. The minimum Gasteiger partial charge on any atom is -0.329 e. The number of thiazole rings is 1. The molecule has 2 N–H and O–H groups in total. The number of nitrogens with zero attached hydrogens (tertiary/aromatic N) is 2. The summed E-state index contributed by atoms with van der Waals surface area (Å²) in [7, 11) is 0. The molecule has 0 spiro atoms. The van der Waals surface area contributed by atoms with E-state index in [-0.39, 0.29) is 11.5 Å². The molecule has 0 saturated heterocycles. The monoisotopic (exact) mass is 322 g/mol. The first-order chi connectivity index (χ1) is 10.3. The number of aromatic nitrogens is 2. The van der Waals surface area contributed by atoms with Crippen molar-refractivity contribution in [3.8, 4) is 0 Å². The molecule has 2 heterocycles. The van der Waals surface area contributed by atoms with Crippen LogP contribution in [-0.4, -0.2) is 16.0 Å². The van der Waals surface area contributed by atoms with Gasteiger partial charge in [0.1, 0.15) is 16.6 Å². The van der Waals surface area contributed by atoms with Gasteiger partial charge in [0.15, 0.2) is 0 Å². The van der Waals surface area contributed by atoms with Crippen LogP contribution in [0.4, 0.5) is 15.0 Å². The number of anilines is 1. The zero-order valence-electron chi connectivity index (χ0n) is 13.0. The van der Waals surface area contributed by atoms with Crippen LogP contribution in [0.5, 0.6) is 0 Å². The van der Waals surface area contributed by atoms with E-state index < -0.39 is 11.8 Å². The van der Waals surface area contributed by atoms with Gasteiger partial charge in [-0.05, 0) is 19.1 Å². The van der Waals surface area contributed by atoms with Gasteiger partial charge in [0.05, 0.1) is 17.9 Å². The molecule has 0 aliphatic heterocycles. The van der Waals surface area contributed by atoms with E-state index in [1.54, 1.807) is 0 Å². The van der Waals surface area contributed by atoms with Crippen molar-refractivity contribution in [2.75, 3.05) is 5.32 Å². The van der Waals surface area contributed by atoms with Gasteiger partial charge < -0.3 is 5.32 Å². The molecule has 0 bridgehead atoms. The van der Waals surface area contributed by atoms with Gasteiger partial charge in [0.25, 0.3) is 0 Å². The topological polar surface area (TPSA) is 66.9 Å².